The van der Waals surface area contributed by atoms with E-state index in [-0.39, 0.29) is 12.4 Å². The maximum Gasteiger partial charge on any atom is 0.156 e. The van der Waals surface area contributed by atoms with Gasteiger partial charge in [0.2, 0.25) is 0 Å². The highest BCUT2D eigenvalue weighted by atomic mass is 32.2. The number of hydrogen-bond acceptors (Lipinski definition) is 3. The molecular weight excluding hydrogens is 128 g/mol. The summed E-state index contributed by atoms with van der Waals surface area (Å²) in [5.74, 6) is 0.923. The van der Waals surface area contributed by atoms with Crippen LogP contribution in [-0.4, -0.2) is 25.9 Å². The molecule has 0 bridgehead atoms. The SMILES string of the molecule is C[CH]S(=O)(=O)CCO. The first kappa shape index (κ1) is 7.91. The predicted octanol–water partition coefficient (Wildman–Crippen LogP) is -0.425. The van der Waals surface area contributed by atoms with Gasteiger partial charge < -0.3 is 5.11 Å². The highest BCUT2D eigenvalue weighted by Crippen LogP contribution is 1.91. The van der Waals surface area contributed by atoms with Gasteiger partial charge in [0.15, 0.2) is 9.84 Å². The Morgan fingerprint density at radius 3 is 2.25 bits per heavy atom. The van der Waals surface area contributed by atoms with E-state index >= 15 is 0 Å². The molecule has 1 radical (unpaired) electrons. The molecule has 0 aliphatic carbocycles. The maximum atomic E-state index is 10.4. The van der Waals surface area contributed by atoms with Crippen molar-refractivity contribution in [3.63, 3.8) is 0 Å². The summed E-state index contributed by atoms with van der Waals surface area (Å²) < 4.78 is 20.8. The zero-order valence-corrected chi connectivity index (χ0v) is 5.48. The van der Waals surface area contributed by atoms with Crippen molar-refractivity contribution in [2.75, 3.05) is 12.4 Å². The molecule has 0 aromatic carbocycles. The molecule has 0 aliphatic rings. The zero-order valence-electron chi connectivity index (χ0n) is 4.66. The molecule has 0 rings (SSSR count). The van der Waals surface area contributed by atoms with Gasteiger partial charge >= 0.3 is 0 Å². The fourth-order valence-electron chi connectivity index (χ4n) is 0.245. The standard InChI is InChI=1S/C4H9O3S/c1-2-8(6,7)4-3-5/h2,5H,3-4H2,1H3. The van der Waals surface area contributed by atoms with Crippen molar-refractivity contribution >= 4 is 9.84 Å². The molecule has 49 valence electrons. The Morgan fingerprint density at radius 1 is 1.62 bits per heavy atom. The first-order valence-corrected chi connectivity index (χ1v) is 3.97. The molecule has 0 aromatic heterocycles. The molecule has 3 nitrogen and oxygen atoms in total. The van der Waals surface area contributed by atoms with E-state index in [0.717, 1.165) is 5.75 Å². The minimum atomic E-state index is -3.04. The minimum Gasteiger partial charge on any atom is -0.395 e. The first-order chi connectivity index (χ1) is 3.62. The Kier molecular flexibility index (Phi) is 3.01. The van der Waals surface area contributed by atoms with Crippen LogP contribution in [0.25, 0.3) is 0 Å². The van der Waals surface area contributed by atoms with E-state index in [2.05, 4.69) is 0 Å². The highest BCUT2D eigenvalue weighted by molar-refractivity contribution is 7.93. The van der Waals surface area contributed by atoms with Crippen LogP contribution in [0.4, 0.5) is 0 Å². The molecule has 0 heterocycles. The zero-order chi connectivity index (χ0) is 6.62. The monoisotopic (exact) mass is 137 g/mol. The summed E-state index contributed by atoms with van der Waals surface area (Å²) in [6.45, 7) is 1.14. The van der Waals surface area contributed by atoms with Crippen LogP contribution in [0.1, 0.15) is 6.92 Å². The van der Waals surface area contributed by atoms with Gasteiger partial charge in [0.25, 0.3) is 0 Å². The number of rotatable bonds is 3. The number of sulfone groups is 1. The van der Waals surface area contributed by atoms with Gasteiger partial charge in [-0.15, -0.1) is 0 Å². The molecule has 8 heavy (non-hydrogen) atoms. The summed E-state index contributed by atoms with van der Waals surface area (Å²) >= 11 is 0. The van der Waals surface area contributed by atoms with E-state index in [0.29, 0.717) is 0 Å². The summed E-state index contributed by atoms with van der Waals surface area (Å²) in [6, 6.07) is 0. The van der Waals surface area contributed by atoms with Crippen LogP contribution in [0.3, 0.4) is 0 Å². The fraction of sp³-hybridized carbons (Fsp3) is 0.750. The van der Waals surface area contributed by atoms with Gasteiger partial charge in [-0.05, 0) is 6.92 Å². The van der Waals surface area contributed by atoms with Crippen molar-refractivity contribution in [1.29, 1.82) is 0 Å². The van der Waals surface area contributed by atoms with Gasteiger partial charge in [-0.2, -0.15) is 0 Å². The van der Waals surface area contributed by atoms with E-state index in [1.807, 2.05) is 0 Å². The summed E-state index contributed by atoms with van der Waals surface area (Å²) in [5, 5.41) is 8.13. The van der Waals surface area contributed by atoms with Gasteiger partial charge in [-0.25, -0.2) is 8.42 Å². The molecule has 4 heteroatoms. The third-order valence-electron chi connectivity index (χ3n) is 0.735. The predicted molar refractivity (Wildman–Crippen MR) is 30.8 cm³/mol. The van der Waals surface area contributed by atoms with Crippen LogP contribution < -0.4 is 0 Å². The van der Waals surface area contributed by atoms with Crippen molar-refractivity contribution < 1.29 is 13.5 Å². The lowest BCUT2D eigenvalue weighted by molar-refractivity contribution is 0.320. The van der Waals surface area contributed by atoms with Crippen LogP contribution in [0.15, 0.2) is 0 Å². The summed E-state index contributed by atoms with van der Waals surface area (Å²) in [5.41, 5.74) is 0. The van der Waals surface area contributed by atoms with Crippen LogP contribution >= 0.6 is 0 Å². The van der Waals surface area contributed by atoms with E-state index in [4.69, 9.17) is 5.11 Å². The largest absolute Gasteiger partial charge is 0.395 e. The normalized spacial score (nSPS) is 11.8. The maximum absolute atomic E-state index is 10.4. The van der Waals surface area contributed by atoms with E-state index in [1.54, 1.807) is 0 Å². The van der Waals surface area contributed by atoms with Crippen molar-refractivity contribution in [1.82, 2.24) is 0 Å². The topological polar surface area (TPSA) is 54.4 Å². The third-order valence-corrected chi connectivity index (χ3v) is 2.20. The smallest absolute Gasteiger partial charge is 0.156 e. The Balaban J connectivity index is 3.76. The van der Waals surface area contributed by atoms with Crippen LogP contribution in [0.2, 0.25) is 0 Å². The van der Waals surface area contributed by atoms with Gasteiger partial charge in [0.05, 0.1) is 18.1 Å². The Hall–Kier alpha value is -0.0900. The van der Waals surface area contributed by atoms with Crippen LogP contribution in [-0.2, 0) is 9.84 Å². The number of hydrogen-bond donors (Lipinski definition) is 1. The summed E-state index contributed by atoms with van der Waals surface area (Å²) in [7, 11) is -3.04. The second-order valence-corrected chi connectivity index (χ2v) is 3.53. The molecule has 0 aliphatic heterocycles. The van der Waals surface area contributed by atoms with Gasteiger partial charge in [0, 0.05) is 0 Å². The van der Waals surface area contributed by atoms with Crippen LogP contribution in [0.5, 0.6) is 0 Å². The van der Waals surface area contributed by atoms with E-state index < -0.39 is 9.84 Å². The number of aliphatic hydroxyl groups is 1. The van der Waals surface area contributed by atoms with Gasteiger partial charge in [-0.3, -0.25) is 0 Å². The fourth-order valence-corrected chi connectivity index (χ4v) is 0.735. The summed E-state index contributed by atoms with van der Waals surface area (Å²) in [6.07, 6.45) is 0. The molecule has 0 fully saturated rings. The molecular formula is C4H9O3S. The van der Waals surface area contributed by atoms with E-state index in [1.165, 1.54) is 6.92 Å². The Labute approximate surface area is 49.3 Å². The average Bonchev–Trinajstić information content (AvgIpc) is 1.67. The van der Waals surface area contributed by atoms with Gasteiger partial charge in [0.1, 0.15) is 0 Å². The van der Waals surface area contributed by atoms with Crippen LogP contribution in [0, 0.1) is 5.75 Å². The summed E-state index contributed by atoms with van der Waals surface area (Å²) in [4.78, 5) is 0. The van der Waals surface area contributed by atoms with Crippen molar-refractivity contribution in [3.05, 3.63) is 5.75 Å². The van der Waals surface area contributed by atoms with Gasteiger partial charge in [-0.1, -0.05) is 0 Å². The Morgan fingerprint density at radius 2 is 2.12 bits per heavy atom. The average molecular weight is 137 g/mol. The molecule has 0 amide bonds. The second kappa shape index (κ2) is 3.04. The molecule has 1 N–H and O–H groups in total. The molecule has 0 saturated heterocycles. The molecule has 0 atom stereocenters. The lowest BCUT2D eigenvalue weighted by atomic mass is 10.9. The van der Waals surface area contributed by atoms with Crippen molar-refractivity contribution in [2.45, 2.75) is 6.92 Å². The minimum absolute atomic E-state index is 0.163. The van der Waals surface area contributed by atoms with Crippen molar-refractivity contribution in [2.24, 2.45) is 0 Å². The molecule has 0 aromatic rings. The second-order valence-electron chi connectivity index (χ2n) is 1.33. The third kappa shape index (κ3) is 2.98. The molecule has 0 spiro atoms. The quantitative estimate of drug-likeness (QED) is 0.574. The van der Waals surface area contributed by atoms with Crippen molar-refractivity contribution in [3.8, 4) is 0 Å². The lowest BCUT2D eigenvalue weighted by Gasteiger charge is -1.92. The molecule has 0 saturated carbocycles. The first-order valence-electron chi connectivity index (χ1n) is 2.25. The Bertz CT molecular complexity index is 135. The highest BCUT2D eigenvalue weighted by Gasteiger charge is 2.04. The number of aliphatic hydroxyl groups excluding tert-OH is 1. The lowest BCUT2D eigenvalue weighted by Crippen LogP contribution is -2.07. The molecule has 0 unspecified atom stereocenters. The van der Waals surface area contributed by atoms with E-state index in [9.17, 15) is 8.42 Å².